The summed E-state index contributed by atoms with van der Waals surface area (Å²) in [6.07, 6.45) is 7.87. The summed E-state index contributed by atoms with van der Waals surface area (Å²) >= 11 is 0. The molecule has 1 aromatic heterocycles. The van der Waals surface area contributed by atoms with E-state index < -0.39 is 5.54 Å². The summed E-state index contributed by atoms with van der Waals surface area (Å²) in [4.78, 5) is 25.3. The van der Waals surface area contributed by atoms with E-state index in [1.807, 2.05) is 12.3 Å². The van der Waals surface area contributed by atoms with E-state index in [9.17, 15) is 4.79 Å². The van der Waals surface area contributed by atoms with E-state index in [1.54, 1.807) is 6.20 Å². The molecule has 1 amide bonds. The second-order valence-corrected chi connectivity index (χ2v) is 9.64. The van der Waals surface area contributed by atoms with Crippen molar-refractivity contribution in [2.45, 2.75) is 37.3 Å². The van der Waals surface area contributed by atoms with Gasteiger partial charge in [-0.2, -0.15) is 0 Å². The Bertz CT molecular complexity index is 1070. The first-order valence-electron chi connectivity index (χ1n) is 12.4. The first-order valence-corrected chi connectivity index (χ1v) is 12.4. The molecule has 0 bridgehead atoms. The summed E-state index contributed by atoms with van der Waals surface area (Å²) in [5.74, 6) is 0.0931. The Balaban J connectivity index is 1.62. The number of carbonyl (C=O) groups is 1. The van der Waals surface area contributed by atoms with Gasteiger partial charge in [0.15, 0.2) is 0 Å². The van der Waals surface area contributed by atoms with Crippen LogP contribution < -0.4 is 4.90 Å². The summed E-state index contributed by atoms with van der Waals surface area (Å²) < 4.78 is 0. The van der Waals surface area contributed by atoms with Crippen LogP contribution in [-0.2, 0) is 5.54 Å². The average Bonchev–Trinajstić information content (AvgIpc) is 3.59. The van der Waals surface area contributed by atoms with Crippen LogP contribution in [0.5, 0.6) is 0 Å². The number of amides is 1. The fourth-order valence-corrected chi connectivity index (χ4v) is 6.13. The number of pyridine rings is 1. The van der Waals surface area contributed by atoms with Crippen molar-refractivity contribution in [3.05, 3.63) is 95.8 Å². The van der Waals surface area contributed by atoms with Crippen LogP contribution in [0.15, 0.2) is 79.1 Å². The van der Waals surface area contributed by atoms with Crippen LogP contribution in [0.25, 0.3) is 0 Å². The Hall–Kier alpha value is -3.18. The van der Waals surface area contributed by atoms with E-state index in [0.29, 0.717) is 0 Å². The molecular weight excluding hydrogens is 420 g/mol. The molecule has 2 saturated heterocycles. The maximum Gasteiger partial charge on any atom is 0.257 e. The number of likely N-dealkylation sites (tertiary alicyclic amines) is 1. The highest BCUT2D eigenvalue weighted by atomic mass is 16.2. The largest absolute Gasteiger partial charge is 0.371 e. The van der Waals surface area contributed by atoms with E-state index in [-0.39, 0.29) is 11.9 Å². The molecule has 2 aliphatic rings. The molecule has 2 aromatic carbocycles. The standard InChI is InChI=1S/C29H34N4O/c1-31(2)29(23-12-5-3-6-13-23,24-14-7-4-8-15-24)27-16-11-21-33(27)28(34)25-22-30-18-17-26(25)32-19-9-10-20-32/h3-8,12-15,17-18,22,27H,9-11,16,19-21H2,1-2H3. The Morgan fingerprint density at radius 3 is 2.09 bits per heavy atom. The Morgan fingerprint density at radius 2 is 1.50 bits per heavy atom. The summed E-state index contributed by atoms with van der Waals surface area (Å²) in [6.45, 7) is 2.76. The lowest BCUT2D eigenvalue weighted by molar-refractivity contribution is 0.0493. The molecule has 0 N–H and O–H groups in total. The molecule has 0 spiro atoms. The molecule has 0 aliphatic carbocycles. The van der Waals surface area contributed by atoms with Gasteiger partial charge in [0.05, 0.1) is 22.8 Å². The molecule has 1 unspecified atom stereocenters. The van der Waals surface area contributed by atoms with Crippen molar-refractivity contribution < 1.29 is 4.79 Å². The van der Waals surface area contributed by atoms with Crippen molar-refractivity contribution in [3.63, 3.8) is 0 Å². The van der Waals surface area contributed by atoms with Crippen molar-refractivity contribution in [2.24, 2.45) is 0 Å². The number of carbonyl (C=O) groups excluding carboxylic acids is 1. The van der Waals surface area contributed by atoms with E-state index in [1.165, 1.54) is 24.0 Å². The summed E-state index contributed by atoms with van der Waals surface area (Å²) in [6, 6.07) is 23.4. The van der Waals surface area contributed by atoms with Gasteiger partial charge in [0.1, 0.15) is 0 Å². The number of nitrogens with zero attached hydrogens (tertiary/aromatic N) is 4. The summed E-state index contributed by atoms with van der Waals surface area (Å²) in [5.41, 5.74) is 3.72. The van der Waals surface area contributed by atoms with E-state index >= 15 is 0 Å². The maximum atomic E-state index is 14.2. The van der Waals surface area contributed by atoms with E-state index in [0.717, 1.165) is 43.7 Å². The van der Waals surface area contributed by atoms with Crippen molar-refractivity contribution in [3.8, 4) is 0 Å². The van der Waals surface area contributed by atoms with Crippen molar-refractivity contribution in [2.75, 3.05) is 38.6 Å². The Morgan fingerprint density at radius 1 is 0.882 bits per heavy atom. The lowest BCUT2D eigenvalue weighted by atomic mass is 9.74. The van der Waals surface area contributed by atoms with Crippen molar-refractivity contribution in [1.82, 2.24) is 14.8 Å². The highest BCUT2D eigenvalue weighted by molar-refractivity contribution is 6.00. The van der Waals surface area contributed by atoms with E-state index in [2.05, 4.69) is 94.4 Å². The number of anilines is 1. The fraction of sp³-hybridized carbons (Fsp3) is 0.379. The minimum Gasteiger partial charge on any atom is -0.371 e. The molecule has 5 nitrogen and oxygen atoms in total. The SMILES string of the molecule is CN(C)C(c1ccccc1)(c1ccccc1)C1CCCN1C(=O)c1cnccc1N1CCCC1. The second-order valence-electron chi connectivity index (χ2n) is 9.64. The zero-order valence-corrected chi connectivity index (χ0v) is 20.2. The predicted molar refractivity (Wildman–Crippen MR) is 137 cm³/mol. The molecule has 3 heterocycles. The maximum absolute atomic E-state index is 14.2. The molecule has 1 atom stereocenters. The molecule has 5 rings (SSSR count). The quantitative estimate of drug-likeness (QED) is 0.537. The smallest absolute Gasteiger partial charge is 0.257 e. The monoisotopic (exact) mass is 454 g/mol. The number of hydrogen-bond donors (Lipinski definition) is 0. The third kappa shape index (κ3) is 3.78. The minimum absolute atomic E-state index is 0.00596. The zero-order valence-electron chi connectivity index (χ0n) is 20.2. The molecule has 176 valence electrons. The molecule has 5 heteroatoms. The van der Waals surface area contributed by atoms with Gasteiger partial charge in [-0.1, -0.05) is 60.7 Å². The number of benzene rings is 2. The number of aromatic nitrogens is 1. The van der Waals surface area contributed by atoms with Crippen LogP contribution in [0.2, 0.25) is 0 Å². The van der Waals surface area contributed by atoms with Gasteiger partial charge in [-0.05, 0) is 57.0 Å². The van der Waals surface area contributed by atoms with Crippen molar-refractivity contribution >= 4 is 11.6 Å². The van der Waals surface area contributed by atoms with Gasteiger partial charge in [0.2, 0.25) is 0 Å². The van der Waals surface area contributed by atoms with E-state index in [4.69, 9.17) is 0 Å². The topological polar surface area (TPSA) is 39.7 Å². The van der Waals surface area contributed by atoms with Crippen LogP contribution in [0.3, 0.4) is 0 Å². The molecule has 0 radical (unpaired) electrons. The molecule has 2 aliphatic heterocycles. The Labute approximate surface area is 203 Å². The average molecular weight is 455 g/mol. The van der Waals surface area contributed by atoms with Gasteiger partial charge in [-0.3, -0.25) is 14.7 Å². The van der Waals surface area contributed by atoms with Gasteiger partial charge >= 0.3 is 0 Å². The number of rotatable bonds is 6. The molecule has 2 fully saturated rings. The van der Waals surface area contributed by atoms with Gasteiger partial charge < -0.3 is 9.80 Å². The minimum atomic E-state index is -0.454. The van der Waals surface area contributed by atoms with Crippen LogP contribution in [0, 0.1) is 0 Å². The third-order valence-corrected chi connectivity index (χ3v) is 7.60. The first kappa shape index (κ1) is 22.6. The number of hydrogen-bond acceptors (Lipinski definition) is 4. The third-order valence-electron chi connectivity index (χ3n) is 7.60. The second kappa shape index (κ2) is 9.59. The van der Waals surface area contributed by atoms with Crippen LogP contribution in [0.1, 0.15) is 47.2 Å². The van der Waals surface area contributed by atoms with Crippen molar-refractivity contribution in [1.29, 1.82) is 0 Å². The molecule has 0 saturated carbocycles. The van der Waals surface area contributed by atoms with Gasteiger partial charge in [-0.25, -0.2) is 0 Å². The highest BCUT2D eigenvalue weighted by Crippen LogP contribution is 2.44. The van der Waals surface area contributed by atoms with Gasteiger partial charge in [0, 0.05) is 32.0 Å². The Kier molecular flexibility index (Phi) is 6.38. The lowest BCUT2D eigenvalue weighted by Gasteiger charge is -2.48. The lowest BCUT2D eigenvalue weighted by Crippen LogP contribution is -2.57. The zero-order chi connectivity index (χ0) is 23.5. The number of likely N-dealkylation sites (N-methyl/N-ethyl adjacent to an activating group) is 1. The van der Waals surface area contributed by atoms with Gasteiger partial charge in [-0.15, -0.1) is 0 Å². The molecule has 3 aromatic rings. The molecule has 34 heavy (non-hydrogen) atoms. The van der Waals surface area contributed by atoms with Crippen LogP contribution in [-0.4, -0.2) is 60.5 Å². The van der Waals surface area contributed by atoms with Crippen LogP contribution >= 0.6 is 0 Å². The van der Waals surface area contributed by atoms with Gasteiger partial charge in [0.25, 0.3) is 5.91 Å². The molecular formula is C29H34N4O. The fourth-order valence-electron chi connectivity index (χ4n) is 6.13. The highest BCUT2D eigenvalue weighted by Gasteiger charge is 2.50. The van der Waals surface area contributed by atoms with Crippen LogP contribution in [0.4, 0.5) is 5.69 Å². The summed E-state index contributed by atoms with van der Waals surface area (Å²) in [7, 11) is 4.28. The first-order chi connectivity index (χ1) is 16.6. The normalized spacial score (nSPS) is 18.6. The predicted octanol–water partition coefficient (Wildman–Crippen LogP) is 4.79. The summed E-state index contributed by atoms with van der Waals surface area (Å²) in [5, 5.41) is 0.